The molecule has 0 saturated carbocycles. The van der Waals surface area contributed by atoms with Gasteiger partial charge in [0.05, 0.1) is 16.8 Å². The van der Waals surface area contributed by atoms with E-state index in [1.54, 1.807) is 29.2 Å². The number of piperidine rings is 1. The highest BCUT2D eigenvalue weighted by molar-refractivity contribution is 6.34. The molecule has 0 radical (unpaired) electrons. The van der Waals surface area contributed by atoms with Crippen LogP contribution in [0.3, 0.4) is 0 Å². The molecule has 2 aromatic rings. The van der Waals surface area contributed by atoms with E-state index < -0.39 is 5.60 Å². The molecule has 2 heterocycles. The molecule has 1 unspecified atom stereocenters. The largest absolute Gasteiger partial charge is 0.444 e. The van der Waals surface area contributed by atoms with E-state index in [0.717, 1.165) is 18.4 Å². The van der Waals surface area contributed by atoms with Crippen LogP contribution in [0.5, 0.6) is 0 Å². The molecule has 3 amide bonds. The normalized spacial score (nSPS) is 19.1. The lowest BCUT2D eigenvalue weighted by Crippen LogP contribution is -2.42. The quantitative estimate of drug-likeness (QED) is 0.684. The third-order valence-electron chi connectivity index (χ3n) is 5.49. The Morgan fingerprint density at radius 2 is 1.57 bits per heavy atom. The smallest absolute Gasteiger partial charge is 0.410 e. The molecule has 0 aromatic heterocycles. The van der Waals surface area contributed by atoms with Crippen LogP contribution in [0, 0.1) is 0 Å². The SMILES string of the molecule is CC(C)(C)OC(=O)N1CCCC(c2ccc(N3C(=O)c4ccccc4C3=O)cc2)C1. The maximum Gasteiger partial charge on any atom is 0.410 e. The van der Waals surface area contributed by atoms with Crippen LogP contribution in [-0.4, -0.2) is 41.5 Å². The van der Waals surface area contributed by atoms with E-state index in [9.17, 15) is 14.4 Å². The third kappa shape index (κ3) is 3.82. The number of anilines is 1. The highest BCUT2D eigenvalue weighted by Gasteiger charge is 2.36. The lowest BCUT2D eigenvalue weighted by molar-refractivity contribution is 0.0198. The second-order valence-electron chi connectivity index (χ2n) is 8.85. The number of carbonyl (C=O) groups excluding carboxylic acids is 3. The summed E-state index contributed by atoms with van der Waals surface area (Å²) in [7, 11) is 0. The van der Waals surface area contributed by atoms with Gasteiger partial charge in [0.1, 0.15) is 5.60 Å². The number of imide groups is 1. The van der Waals surface area contributed by atoms with Crippen LogP contribution in [-0.2, 0) is 4.74 Å². The topological polar surface area (TPSA) is 66.9 Å². The van der Waals surface area contributed by atoms with Gasteiger partial charge in [-0.2, -0.15) is 0 Å². The highest BCUT2D eigenvalue weighted by atomic mass is 16.6. The summed E-state index contributed by atoms with van der Waals surface area (Å²) in [6.45, 7) is 6.89. The average molecular weight is 406 g/mol. The van der Waals surface area contributed by atoms with Gasteiger partial charge >= 0.3 is 6.09 Å². The van der Waals surface area contributed by atoms with Gasteiger partial charge < -0.3 is 9.64 Å². The fraction of sp³-hybridized carbons (Fsp3) is 0.375. The van der Waals surface area contributed by atoms with Crippen molar-refractivity contribution in [1.82, 2.24) is 4.90 Å². The van der Waals surface area contributed by atoms with Crippen molar-refractivity contribution >= 4 is 23.6 Å². The average Bonchev–Trinajstić information content (AvgIpc) is 2.98. The van der Waals surface area contributed by atoms with Gasteiger partial charge in [-0.3, -0.25) is 9.59 Å². The van der Waals surface area contributed by atoms with Gasteiger partial charge in [0.25, 0.3) is 11.8 Å². The van der Waals surface area contributed by atoms with E-state index in [0.29, 0.717) is 29.9 Å². The van der Waals surface area contributed by atoms with Crippen molar-refractivity contribution < 1.29 is 19.1 Å². The van der Waals surface area contributed by atoms with Crippen LogP contribution in [0.25, 0.3) is 0 Å². The molecule has 2 aromatic carbocycles. The molecule has 1 fully saturated rings. The molecule has 0 N–H and O–H groups in total. The molecule has 0 aliphatic carbocycles. The number of benzene rings is 2. The van der Waals surface area contributed by atoms with Gasteiger partial charge in [0, 0.05) is 19.0 Å². The minimum atomic E-state index is -0.516. The Labute approximate surface area is 176 Å². The van der Waals surface area contributed by atoms with Gasteiger partial charge in [-0.1, -0.05) is 24.3 Å². The zero-order valence-corrected chi connectivity index (χ0v) is 17.6. The van der Waals surface area contributed by atoms with E-state index in [1.165, 1.54) is 4.90 Å². The van der Waals surface area contributed by atoms with Crippen LogP contribution in [0.15, 0.2) is 48.5 Å². The first-order valence-corrected chi connectivity index (χ1v) is 10.3. The molecule has 0 spiro atoms. The Bertz CT molecular complexity index is 956. The Kier molecular flexibility index (Phi) is 5.10. The van der Waals surface area contributed by atoms with Gasteiger partial charge in [0.15, 0.2) is 0 Å². The standard InChI is InChI=1S/C24H26N2O4/c1-24(2,3)30-23(29)25-14-6-7-17(15-25)16-10-12-18(13-11-16)26-21(27)19-8-4-5-9-20(19)22(26)28/h4-5,8-13,17H,6-7,14-15H2,1-3H3. The van der Waals surface area contributed by atoms with Crippen molar-refractivity contribution in [2.24, 2.45) is 0 Å². The Morgan fingerprint density at radius 1 is 0.967 bits per heavy atom. The van der Waals surface area contributed by atoms with Crippen LogP contribution >= 0.6 is 0 Å². The third-order valence-corrected chi connectivity index (χ3v) is 5.49. The fourth-order valence-electron chi connectivity index (χ4n) is 4.06. The summed E-state index contributed by atoms with van der Waals surface area (Å²) in [6.07, 6.45) is 1.60. The number of rotatable bonds is 2. The van der Waals surface area contributed by atoms with E-state index in [-0.39, 0.29) is 23.8 Å². The highest BCUT2D eigenvalue weighted by Crippen LogP contribution is 2.32. The lowest BCUT2D eigenvalue weighted by Gasteiger charge is -2.34. The maximum atomic E-state index is 12.7. The molecule has 2 aliphatic heterocycles. The first-order valence-electron chi connectivity index (χ1n) is 10.3. The molecule has 6 heteroatoms. The van der Waals surface area contributed by atoms with Crippen LogP contribution < -0.4 is 4.90 Å². The number of nitrogens with zero attached hydrogens (tertiary/aromatic N) is 2. The van der Waals surface area contributed by atoms with Crippen molar-refractivity contribution in [3.05, 3.63) is 65.2 Å². The number of carbonyl (C=O) groups is 3. The first kappa shape index (κ1) is 20.1. The molecular weight excluding hydrogens is 380 g/mol. The van der Waals surface area contributed by atoms with Crippen molar-refractivity contribution in [3.63, 3.8) is 0 Å². The molecule has 1 saturated heterocycles. The number of hydrogen-bond acceptors (Lipinski definition) is 4. The summed E-state index contributed by atoms with van der Waals surface area (Å²) in [5, 5.41) is 0. The summed E-state index contributed by atoms with van der Waals surface area (Å²) in [6, 6.07) is 14.4. The van der Waals surface area contributed by atoms with Crippen molar-refractivity contribution in [1.29, 1.82) is 0 Å². The minimum Gasteiger partial charge on any atom is -0.444 e. The Balaban J connectivity index is 1.48. The predicted octanol–water partition coefficient (Wildman–Crippen LogP) is 4.60. The summed E-state index contributed by atoms with van der Waals surface area (Å²) in [5.74, 6) is -0.392. The van der Waals surface area contributed by atoms with E-state index in [1.807, 2.05) is 45.0 Å². The van der Waals surface area contributed by atoms with Gasteiger partial charge in [0.2, 0.25) is 0 Å². The number of hydrogen-bond donors (Lipinski definition) is 0. The van der Waals surface area contributed by atoms with E-state index in [4.69, 9.17) is 4.74 Å². The van der Waals surface area contributed by atoms with Crippen LogP contribution in [0.2, 0.25) is 0 Å². The Morgan fingerprint density at radius 3 is 2.13 bits per heavy atom. The molecule has 30 heavy (non-hydrogen) atoms. The number of amides is 3. The van der Waals surface area contributed by atoms with Crippen LogP contribution in [0.4, 0.5) is 10.5 Å². The molecule has 156 valence electrons. The molecule has 6 nitrogen and oxygen atoms in total. The molecule has 4 rings (SSSR count). The monoisotopic (exact) mass is 406 g/mol. The van der Waals surface area contributed by atoms with Gasteiger partial charge in [-0.25, -0.2) is 9.69 Å². The van der Waals surface area contributed by atoms with Crippen LogP contribution in [0.1, 0.15) is 65.8 Å². The van der Waals surface area contributed by atoms with Gasteiger partial charge in [-0.15, -0.1) is 0 Å². The summed E-state index contributed by atoms with van der Waals surface area (Å²) < 4.78 is 5.51. The second-order valence-corrected chi connectivity index (χ2v) is 8.85. The zero-order chi connectivity index (χ0) is 21.5. The molecular formula is C24H26N2O4. The number of ether oxygens (including phenoxy) is 1. The van der Waals surface area contributed by atoms with Crippen molar-refractivity contribution in [2.75, 3.05) is 18.0 Å². The zero-order valence-electron chi connectivity index (χ0n) is 17.6. The lowest BCUT2D eigenvalue weighted by atomic mass is 9.90. The molecule has 2 aliphatic rings. The minimum absolute atomic E-state index is 0.197. The van der Waals surface area contributed by atoms with Crippen molar-refractivity contribution in [2.45, 2.75) is 45.1 Å². The first-order chi connectivity index (χ1) is 14.2. The summed E-state index contributed by atoms with van der Waals surface area (Å²) in [5.41, 5.74) is 2.00. The number of likely N-dealkylation sites (tertiary alicyclic amines) is 1. The second kappa shape index (κ2) is 7.59. The summed E-state index contributed by atoms with van der Waals surface area (Å²) in [4.78, 5) is 40.8. The van der Waals surface area contributed by atoms with Gasteiger partial charge in [-0.05, 0) is 63.4 Å². The molecule has 1 atom stereocenters. The number of fused-ring (bicyclic) bond motifs is 1. The van der Waals surface area contributed by atoms with E-state index >= 15 is 0 Å². The van der Waals surface area contributed by atoms with Crippen molar-refractivity contribution in [3.8, 4) is 0 Å². The Hall–Kier alpha value is -3.15. The summed E-state index contributed by atoms with van der Waals surface area (Å²) >= 11 is 0. The van der Waals surface area contributed by atoms with E-state index in [2.05, 4.69) is 0 Å². The fourth-order valence-corrected chi connectivity index (χ4v) is 4.06. The molecule has 0 bridgehead atoms. The maximum absolute atomic E-state index is 12.7. The predicted molar refractivity (Wildman–Crippen MR) is 114 cm³/mol.